The second-order valence-electron chi connectivity index (χ2n) is 8.97. The van der Waals surface area contributed by atoms with Crippen LogP contribution in [0, 0.1) is 0 Å². The molecule has 6 heteroatoms. The Kier molecular flexibility index (Phi) is 4.45. The topological polar surface area (TPSA) is 70.2 Å². The number of fused-ring (bicyclic) bond motifs is 1. The molecule has 0 bridgehead atoms. The van der Waals surface area contributed by atoms with Crippen molar-refractivity contribution in [3.8, 4) is 0 Å². The quantitative estimate of drug-likeness (QED) is 0.827. The molecule has 1 aliphatic carbocycles. The van der Waals surface area contributed by atoms with Crippen LogP contribution in [0.5, 0.6) is 0 Å². The summed E-state index contributed by atoms with van der Waals surface area (Å²) in [7, 11) is 0. The molecule has 5 rings (SSSR count). The highest BCUT2D eigenvalue weighted by Gasteiger charge is 2.55. The Balaban J connectivity index is 1.46. The van der Waals surface area contributed by atoms with Gasteiger partial charge in [0, 0.05) is 36.5 Å². The Morgan fingerprint density at radius 1 is 1.21 bits per heavy atom. The van der Waals surface area contributed by atoms with Gasteiger partial charge in [-0.05, 0) is 42.9 Å². The van der Waals surface area contributed by atoms with Crippen molar-refractivity contribution in [2.45, 2.75) is 69.9 Å². The Hall–Kier alpha value is -2.63. The Morgan fingerprint density at radius 3 is 2.62 bits per heavy atom. The minimum absolute atomic E-state index is 0.154. The maximum Gasteiger partial charge on any atom is 0.246 e. The summed E-state index contributed by atoms with van der Waals surface area (Å²) in [4.78, 5) is 24.7. The number of benzene rings is 1. The first-order valence-electron chi connectivity index (χ1n) is 10.9. The fraction of sp³-hybridized carbons (Fsp3) is 0.522. The Bertz CT molecular complexity index is 919. The van der Waals surface area contributed by atoms with E-state index in [1.165, 1.54) is 18.4 Å². The summed E-state index contributed by atoms with van der Waals surface area (Å²) in [6.45, 7) is 5.13. The lowest BCUT2D eigenvalue weighted by atomic mass is 9.91. The molecule has 6 nitrogen and oxygen atoms in total. The zero-order valence-electron chi connectivity index (χ0n) is 17.2. The second kappa shape index (κ2) is 7.01. The fourth-order valence-corrected chi connectivity index (χ4v) is 5.22. The average Bonchev–Trinajstić information content (AvgIpc) is 3.42. The third-order valence-electron chi connectivity index (χ3n) is 6.78. The van der Waals surface area contributed by atoms with Gasteiger partial charge in [0.15, 0.2) is 0 Å². The van der Waals surface area contributed by atoms with E-state index < -0.39 is 5.54 Å². The molecular weight excluding hydrogens is 362 g/mol. The number of anilines is 3. The first kappa shape index (κ1) is 18.4. The zero-order valence-corrected chi connectivity index (χ0v) is 17.2. The number of hydrogen-bond donors (Lipinski definition) is 2. The van der Waals surface area contributed by atoms with Gasteiger partial charge in [0.1, 0.15) is 11.4 Å². The minimum Gasteiger partial charge on any atom is -0.354 e. The Labute approximate surface area is 172 Å². The van der Waals surface area contributed by atoms with Crippen LogP contribution >= 0.6 is 0 Å². The van der Waals surface area contributed by atoms with Gasteiger partial charge >= 0.3 is 0 Å². The number of rotatable bonds is 4. The van der Waals surface area contributed by atoms with E-state index in [0.29, 0.717) is 24.3 Å². The summed E-state index contributed by atoms with van der Waals surface area (Å²) in [5, 5.41) is 6.42. The standard InChI is InChI=1S/C23H29N5O/c1-15(2)16-7-9-18(10-8-16)26-22-25-14-17-13-23(11-12-24-21(23)29)28(20(17)27-22)19-5-3-4-6-19/h7-10,14-15,19H,3-6,11-13H2,1-2H3,(H,24,29)(H,25,26,27). The van der Waals surface area contributed by atoms with Gasteiger partial charge in [-0.2, -0.15) is 4.98 Å². The number of carbonyl (C=O) groups excluding carboxylic acids is 1. The molecule has 29 heavy (non-hydrogen) atoms. The third-order valence-corrected chi connectivity index (χ3v) is 6.78. The molecule has 1 saturated heterocycles. The summed E-state index contributed by atoms with van der Waals surface area (Å²) in [6, 6.07) is 8.83. The molecule has 2 N–H and O–H groups in total. The summed E-state index contributed by atoms with van der Waals surface area (Å²) in [5.74, 6) is 2.21. The summed E-state index contributed by atoms with van der Waals surface area (Å²) in [6.07, 6.45) is 8.20. The predicted octanol–water partition coefficient (Wildman–Crippen LogP) is 3.91. The molecule has 152 valence electrons. The van der Waals surface area contributed by atoms with Crippen molar-refractivity contribution in [1.29, 1.82) is 0 Å². The van der Waals surface area contributed by atoms with Gasteiger partial charge in [0.2, 0.25) is 11.9 Å². The summed E-state index contributed by atoms with van der Waals surface area (Å²) < 4.78 is 0. The molecule has 1 spiro atoms. The lowest BCUT2D eigenvalue weighted by Crippen LogP contribution is -2.56. The van der Waals surface area contributed by atoms with Crippen LogP contribution < -0.4 is 15.5 Å². The zero-order chi connectivity index (χ0) is 20.0. The largest absolute Gasteiger partial charge is 0.354 e. The van der Waals surface area contributed by atoms with Crippen LogP contribution in [0.2, 0.25) is 0 Å². The molecular formula is C23H29N5O. The highest BCUT2D eigenvalue weighted by Crippen LogP contribution is 2.46. The minimum atomic E-state index is -0.469. The summed E-state index contributed by atoms with van der Waals surface area (Å²) >= 11 is 0. The van der Waals surface area contributed by atoms with E-state index in [0.717, 1.165) is 42.9 Å². The van der Waals surface area contributed by atoms with Crippen molar-refractivity contribution in [1.82, 2.24) is 15.3 Å². The molecule has 3 heterocycles. The lowest BCUT2D eigenvalue weighted by molar-refractivity contribution is -0.123. The average molecular weight is 392 g/mol. The Morgan fingerprint density at radius 2 is 1.97 bits per heavy atom. The van der Waals surface area contributed by atoms with Crippen molar-refractivity contribution in [2.75, 3.05) is 16.8 Å². The van der Waals surface area contributed by atoms with Crippen molar-refractivity contribution in [2.24, 2.45) is 0 Å². The van der Waals surface area contributed by atoms with Gasteiger partial charge in [0.25, 0.3) is 0 Å². The van der Waals surface area contributed by atoms with E-state index in [-0.39, 0.29) is 5.91 Å². The van der Waals surface area contributed by atoms with Gasteiger partial charge in [-0.1, -0.05) is 38.8 Å². The predicted molar refractivity (Wildman–Crippen MR) is 115 cm³/mol. The van der Waals surface area contributed by atoms with Crippen molar-refractivity contribution in [3.63, 3.8) is 0 Å². The van der Waals surface area contributed by atoms with E-state index in [9.17, 15) is 4.79 Å². The number of amides is 1. The van der Waals surface area contributed by atoms with Gasteiger partial charge in [-0.25, -0.2) is 4.98 Å². The van der Waals surface area contributed by atoms with E-state index in [2.05, 4.69) is 58.6 Å². The monoisotopic (exact) mass is 391 g/mol. The first-order valence-corrected chi connectivity index (χ1v) is 10.9. The highest BCUT2D eigenvalue weighted by atomic mass is 16.2. The smallest absolute Gasteiger partial charge is 0.246 e. The van der Waals surface area contributed by atoms with E-state index in [1.54, 1.807) is 0 Å². The van der Waals surface area contributed by atoms with E-state index in [4.69, 9.17) is 4.98 Å². The highest BCUT2D eigenvalue weighted by molar-refractivity contribution is 5.94. The normalized spacial score (nSPS) is 23.8. The lowest BCUT2D eigenvalue weighted by Gasteiger charge is -2.38. The second-order valence-corrected chi connectivity index (χ2v) is 8.97. The maximum absolute atomic E-state index is 12.9. The van der Waals surface area contributed by atoms with Crippen LogP contribution in [0.3, 0.4) is 0 Å². The van der Waals surface area contributed by atoms with Crippen molar-refractivity contribution >= 4 is 23.4 Å². The molecule has 0 radical (unpaired) electrons. The van der Waals surface area contributed by atoms with Gasteiger partial charge in [0.05, 0.1) is 0 Å². The fourth-order valence-electron chi connectivity index (χ4n) is 5.22. The van der Waals surface area contributed by atoms with Crippen molar-refractivity contribution in [3.05, 3.63) is 41.6 Å². The third kappa shape index (κ3) is 3.05. The van der Waals surface area contributed by atoms with Gasteiger partial charge in [-0.15, -0.1) is 0 Å². The number of nitrogens with zero attached hydrogens (tertiary/aromatic N) is 3. The molecule has 2 aromatic rings. The van der Waals surface area contributed by atoms with Crippen LogP contribution in [0.4, 0.5) is 17.5 Å². The number of nitrogens with one attached hydrogen (secondary N) is 2. The van der Waals surface area contributed by atoms with E-state index >= 15 is 0 Å². The SMILES string of the molecule is CC(C)c1ccc(Nc2ncc3c(n2)N(C2CCCC2)C2(CCNC2=O)C3)cc1. The molecule has 1 saturated carbocycles. The molecule has 1 amide bonds. The van der Waals surface area contributed by atoms with Crippen LogP contribution in [-0.4, -0.2) is 34.0 Å². The molecule has 1 aromatic carbocycles. The van der Waals surface area contributed by atoms with Crippen LogP contribution in [-0.2, 0) is 11.2 Å². The van der Waals surface area contributed by atoms with Crippen LogP contribution in [0.1, 0.15) is 63.0 Å². The number of hydrogen-bond acceptors (Lipinski definition) is 5. The molecule has 2 aliphatic heterocycles. The van der Waals surface area contributed by atoms with Gasteiger partial charge < -0.3 is 15.5 Å². The number of aromatic nitrogens is 2. The van der Waals surface area contributed by atoms with E-state index in [1.807, 2.05) is 6.20 Å². The first-order chi connectivity index (χ1) is 14.1. The molecule has 3 aliphatic rings. The summed E-state index contributed by atoms with van der Waals surface area (Å²) in [5.41, 5.74) is 2.92. The van der Waals surface area contributed by atoms with Crippen LogP contribution in [0.25, 0.3) is 0 Å². The van der Waals surface area contributed by atoms with Crippen LogP contribution in [0.15, 0.2) is 30.5 Å². The van der Waals surface area contributed by atoms with Gasteiger partial charge in [-0.3, -0.25) is 4.79 Å². The molecule has 1 unspecified atom stereocenters. The van der Waals surface area contributed by atoms with Crippen molar-refractivity contribution < 1.29 is 4.79 Å². The molecule has 1 aromatic heterocycles. The number of carbonyl (C=O) groups is 1. The molecule has 1 atom stereocenters. The maximum atomic E-state index is 12.9. The molecule has 2 fully saturated rings.